The van der Waals surface area contributed by atoms with Gasteiger partial charge < -0.3 is 5.11 Å². The molecule has 0 bridgehead atoms. The lowest BCUT2D eigenvalue weighted by atomic mass is 9.79. The largest absolute Gasteiger partial charge is 0.384 e. The number of aliphatic hydroxyl groups excluding tert-OH is 1. The zero-order valence-electron chi connectivity index (χ0n) is 12.3. The first-order chi connectivity index (χ1) is 10.3. The van der Waals surface area contributed by atoms with Crippen LogP contribution in [0.25, 0.3) is 0 Å². The molecule has 4 rings (SSSR count). The van der Waals surface area contributed by atoms with Gasteiger partial charge in [0.15, 0.2) is 0 Å². The highest BCUT2D eigenvalue weighted by Crippen LogP contribution is 2.44. The van der Waals surface area contributed by atoms with E-state index in [1.165, 1.54) is 43.2 Å². The quantitative estimate of drug-likeness (QED) is 0.842. The van der Waals surface area contributed by atoms with Gasteiger partial charge in [-0.15, -0.1) is 0 Å². The van der Waals surface area contributed by atoms with E-state index < -0.39 is 6.10 Å². The Hall–Kier alpha value is -1.60. The normalized spacial score (nSPS) is 20.0. The molecule has 1 atom stereocenters. The summed E-state index contributed by atoms with van der Waals surface area (Å²) in [6.45, 7) is 0. The molecule has 1 heteroatoms. The van der Waals surface area contributed by atoms with Gasteiger partial charge in [0.25, 0.3) is 0 Å². The van der Waals surface area contributed by atoms with Gasteiger partial charge in [-0.2, -0.15) is 0 Å². The minimum Gasteiger partial charge on any atom is -0.384 e. The Morgan fingerprint density at radius 2 is 1.52 bits per heavy atom. The Labute approximate surface area is 126 Å². The summed E-state index contributed by atoms with van der Waals surface area (Å²) in [6, 6.07) is 17.0. The van der Waals surface area contributed by atoms with Gasteiger partial charge in [-0.25, -0.2) is 0 Å². The summed E-state index contributed by atoms with van der Waals surface area (Å²) in [5, 5.41) is 10.8. The van der Waals surface area contributed by atoms with E-state index in [0.717, 1.165) is 17.0 Å². The third-order valence-corrected chi connectivity index (χ3v) is 5.14. The van der Waals surface area contributed by atoms with E-state index in [2.05, 4.69) is 42.5 Å². The average Bonchev–Trinajstić information content (AvgIpc) is 3.30. The molecular formula is C20H22O. The minimum atomic E-state index is -0.489. The smallest absolute Gasteiger partial charge is 0.104 e. The molecule has 1 N–H and O–H groups in total. The number of hydrogen-bond acceptors (Lipinski definition) is 1. The lowest BCUT2D eigenvalue weighted by Gasteiger charge is -2.26. The molecule has 2 aliphatic rings. The van der Waals surface area contributed by atoms with E-state index in [1.54, 1.807) is 0 Å². The van der Waals surface area contributed by atoms with Crippen molar-refractivity contribution >= 4 is 0 Å². The average molecular weight is 278 g/mol. The van der Waals surface area contributed by atoms with Crippen LogP contribution in [-0.2, 0) is 0 Å². The zero-order valence-corrected chi connectivity index (χ0v) is 12.3. The van der Waals surface area contributed by atoms with Crippen LogP contribution >= 0.6 is 0 Å². The molecule has 0 saturated heterocycles. The summed E-state index contributed by atoms with van der Waals surface area (Å²) >= 11 is 0. The number of hydrogen-bond donors (Lipinski definition) is 1. The molecule has 0 aromatic heterocycles. The van der Waals surface area contributed by atoms with E-state index in [9.17, 15) is 5.11 Å². The first kappa shape index (κ1) is 13.1. The molecule has 0 spiro atoms. The van der Waals surface area contributed by atoms with Gasteiger partial charge >= 0.3 is 0 Å². The van der Waals surface area contributed by atoms with Crippen molar-refractivity contribution < 1.29 is 5.11 Å². The molecule has 0 radical (unpaired) electrons. The third-order valence-electron chi connectivity index (χ3n) is 5.14. The van der Waals surface area contributed by atoms with E-state index in [1.807, 2.05) is 6.07 Å². The molecule has 0 aliphatic heterocycles. The lowest BCUT2D eigenvalue weighted by molar-refractivity contribution is 0.219. The molecule has 108 valence electrons. The van der Waals surface area contributed by atoms with Gasteiger partial charge in [-0.05, 0) is 59.8 Å². The molecule has 2 aliphatic carbocycles. The SMILES string of the molecule is OC(c1ccc(C2CCC2)cc1)c1ccccc1C1CC1. The maximum absolute atomic E-state index is 10.8. The second-order valence-corrected chi connectivity index (χ2v) is 6.60. The Bertz CT molecular complexity index is 621. The van der Waals surface area contributed by atoms with Crippen molar-refractivity contribution in [3.8, 4) is 0 Å². The monoisotopic (exact) mass is 278 g/mol. The van der Waals surface area contributed by atoms with Gasteiger partial charge in [0, 0.05) is 0 Å². The number of benzene rings is 2. The van der Waals surface area contributed by atoms with Crippen molar-refractivity contribution in [3.63, 3.8) is 0 Å². The maximum Gasteiger partial charge on any atom is 0.104 e. The predicted molar refractivity (Wildman–Crippen MR) is 85.5 cm³/mol. The first-order valence-electron chi connectivity index (χ1n) is 8.19. The van der Waals surface area contributed by atoms with Crippen molar-refractivity contribution in [3.05, 3.63) is 70.8 Å². The van der Waals surface area contributed by atoms with Gasteiger partial charge in [0.2, 0.25) is 0 Å². The summed E-state index contributed by atoms with van der Waals surface area (Å²) in [6.07, 6.45) is 6.06. The molecule has 2 fully saturated rings. The van der Waals surface area contributed by atoms with E-state index >= 15 is 0 Å². The molecule has 1 unspecified atom stereocenters. The second-order valence-electron chi connectivity index (χ2n) is 6.60. The molecule has 2 aromatic carbocycles. The summed E-state index contributed by atoms with van der Waals surface area (Å²) < 4.78 is 0. The van der Waals surface area contributed by atoms with E-state index in [4.69, 9.17) is 0 Å². The summed E-state index contributed by atoms with van der Waals surface area (Å²) in [7, 11) is 0. The highest BCUT2D eigenvalue weighted by atomic mass is 16.3. The van der Waals surface area contributed by atoms with Crippen molar-refractivity contribution in [2.45, 2.75) is 50.0 Å². The van der Waals surface area contributed by atoms with Crippen LogP contribution in [0.15, 0.2) is 48.5 Å². The first-order valence-corrected chi connectivity index (χ1v) is 8.19. The van der Waals surface area contributed by atoms with Gasteiger partial charge in [0.05, 0.1) is 0 Å². The standard InChI is InChI=1S/C20H22O/c21-20(19-7-2-1-6-18(19)16-10-11-16)17-12-8-15(9-13-17)14-4-3-5-14/h1-2,6-9,12-14,16,20-21H,3-5,10-11H2. The molecule has 2 saturated carbocycles. The molecular weight excluding hydrogens is 256 g/mol. The van der Waals surface area contributed by atoms with Crippen molar-refractivity contribution in [2.24, 2.45) is 0 Å². The van der Waals surface area contributed by atoms with Crippen molar-refractivity contribution in [2.75, 3.05) is 0 Å². The van der Waals surface area contributed by atoms with E-state index in [-0.39, 0.29) is 0 Å². The maximum atomic E-state index is 10.8. The fourth-order valence-electron chi connectivity index (χ4n) is 3.40. The summed E-state index contributed by atoms with van der Waals surface area (Å²) in [4.78, 5) is 0. The predicted octanol–water partition coefficient (Wildman–Crippen LogP) is 4.91. The van der Waals surface area contributed by atoms with E-state index in [0.29, 0.717) is 5.92 Å². The van der Waals surface area contributed by atoms with Crippen LogP contribution in [0.1, 0.15) is 72.3 Å². The molecule has 1 nitrogen and oxygen atoms in total. The van der Waals surface area contributed by atoms with Crippen LogP contribution in [0, 0.1) is 0 Å². The highest BCUT2D eigenvalue weighted by molar-refractivity contribution is 5.40. The molecule has 2 aromatic rings. The topological polar surface area (TPSA) is 20.2 Å². The zero-order chi connectivity index (χ0) is 14.2. The fraction of sp³-hybridized carbons (Fsp3) is 0.400. The molecule has 0 amide bonds. The van der Waals surface area contributed by atoms with Crippen molar-refractivity contribution in [1.29, 1.82) is 0 Å². The summed E-state index contributed by atoms with van der Waals surface area (Å²) in [5.74, 6) is 1.43. The van der Waals surface area contributed by atoms with Crippen LogP contribution in [-0.4, -0.2) is 5.11 Å². The Morgan fingerprint density at radius 3 is 2.14 bits per heavy atom. The molecule has 0 heterocycles. The number of rotatable bonds is 4. The van der Waals surface area contributed by atoms with Gasteiger partial charge in [0.1, 0.15) is 6.10 Å². The molecule has 21 heavy (non-hydrogen) atoms. The van der Waals surface area contributed by atoms with Gasteiger partial charge in [-0.3, -0.25) is 0 Å². The Morgan fingerprint density at radius 1 is 0.810 bits per heavy atom. The lowest BCUT2D eigenvalue weighted by Crippen LogP contribution is -2.09. The van der Waals surface area contributed by atoms with Crippen molar-refractivity contribution in [1.82, 2.24) is 0 Å². The Kier molecular flexibility index (Phi) is 3.31. The van der Waals surface area contributed by atoms with Crippen LogP contribution in [0.2, 0.25) is 0 Å². The number of aliphatic hydroxyl groups is 1. The van der Waals surface area contributed by atoms with Crippen LogP contribution in [0.4, 0.5) is 0 Å². The highest BCUT2D eigenvalue weighted by Gasteiger charge is 2.28. The third kappa shape index (κ3) is 2.51. The minimum absolute atomic E-state index is 0.489. The van der Waals surface area contributed by atoms with Crippen LogP contribution in [0.3, 0.4) is 0 Å². The Balaban J connectivity index is 1.60. The second kappa shape index (κ2) is 5.31. The van der Waals surface area contributed by atoms with Gasteiger partial charge in [-0.1, -0.05) is 55.0 Å². The van der Waals surface area contributed by atoms with Crippen LogP contribution in [0.5, 0.6) is 0 Å². The van der Waals surface area contributed by atoms with Crippen LogP contribution < -0.4 is 0 Å². The fourth-order valence-corrected chi connectivity index (χ4v) is 3.40. The summed E-state index contributed by atoms with van der Waals surface area (Å²) in [5.41, 5.74) is 4.89.